The molecule has 1 aromatic carbocycles. The van der Waals surface area contributed by atoms with Crippen LogP contribution in [0.1, 0.15) is 11.1 Å². The quantitative estimate of drug-likeness (QED) is 0.269. The summed E-state index contributed by atoms with van der Waals surface area (Å²) in [6, 6.07) is 1.02. The van der Waals surface area contributed by atoms with Gasteiger partial charge < -0.3 is 16.6 Å². The maximum atomic E-state index is 11.1. The third-order valence-corrected chi connectivity index (χ3v) is 2.66. The number of carbonyl (C=O) groups is 2. The summed E-state index contributed by atoms with van der Waals surface area (Å²) in [5.74, 6) is 11.0. The number of hydrogen-bond acceptors (Lipinski definition) is 5. The Morgan fingerprint density at radius 3 is 2.11 bits per heavy atom. The highest BCUT2D eigenvalue weighted by Gasteiger charge is 2.17. The van der Waals surface area contributed by atoms with Crippen molar-refractivity contribution in [3.8, 4) is 0 Å². The molecule has 9 N–H and O–H groups in total. The van der Waals surface area contributed by atoms with E-state index in [2.05, 4.69) is 0 Å². The lowest BCUT2D eigenvalue weighted by Gasteiger charge is -2.22. The lowest BCUT2D eigenvalue weighted by Crippen LogP contribution is -2.43. The van der Waals surface area contributed by atoms with Crippen molar-refractivity contribution in [2.45, 2.75) is 13.5 Å². The summed E-state index contributed by atoms with van der Waals surface area (Å²) in [6.07, 6.45) is 0. The van der Waals surface area contributed by atoms with Gasteiger partial charge in [-0.1, -0.05) is 0 Å². The number of aliphatic hydroxyl groups excluding tert-OH is 1. The molecule has 1 aromatic rings. The van der Waals surface area contributed by atoms with Crippen molar-refractivity contribution in [3.63, 3.8) is 0 Å². The molecule has 0 aliphatic rings. The second-order valence-corrected chi connectivity index (χ2v) is 3.82. The van der Waals surface area contributed by atoms with Crippen LogP contribution in [0, 0.1) is 6.92 Å². The zero-order chi connectivity index (χ0) is 14.7. The molecule has 0 aliphatic carbocycles. The van der Waals surface area contributed by atoms with Crippen molar-refractivity contribution in [1.82, 2.24) is 0 Å². The van der Waals surface area contributed by atoms with Crippen LogP contribution in [-0.4, -0.2) is 17.2 Å². The first-order valence-electron chi connectivity index (χ1n) is 5.22. The second kappa shape index (κ2) is 5.52. The van der Waals surface area contributed by atoms with Crippen LogP contribution in [0.15, 0.2) is 12.1 Å². The van der Waals surface area contributed by atoms with Gasteiger partial charge in [0.25, 0.3) is 0 Å². The molecule has 0 heterocycles. The normalized spacial score (nSPS) is 10.1. The number of hydrazine groups is 2. The van der Waals surface area contributed by atoms with Crippen molar-refractivity contribution in [1.29, 1.82) is 0 Å². The maximum Gasteiger partial charge on any atom is 0.333 e. The fraction of sp³-hybridized carbons (Fsp3) is 0.200. The Morgan fingerprint density at radius 2 is 1.68 bits per heavy atom. The van der Waals surface area contributed by atoms with E-state index in [0.717, 1.165) is 0 Å². The van der Waals surface area contributed by atoms with E-state index in [1.165, 1.54) is 12.1 Å². The molecule has 9 nitrogen and oxygen atoms in total. The number of anilines is 2. The highest BCUT2D eigenvalue weighted by molar-refractivity contribution is 5.94. The van der Waals surface area contributed by atoms with Gasteiger partial charge in [0.05, 0.1) is 18.0 Å². The molecule has 9 heteroatoms. The largest absolute Gasteiger partial charge is 0.392 e. The number of nitrogens with two attached hydrogens (primary N) is 4. The zero-order valence-corrected chi connectivity index (χ0v) is 10.3. The van der Waals surface area contributed by atoms with Crippen LogP contribution in [0.25, 0.3) is 0 Å². The van der Waals surface area contributed by atoms with Gasteiger partial charge in [0.15, 0.2) is 0 Å². The van der Waals surface area contributed by atoms with Gasteiger partial charge in [0.2, 0.25) is 0 Å². The van der Waals surface area contributed by atoms with Crippen molar-refractivity contribution < 1.29 is 14.7 Å². The number of urea groups is 2. The molecule has 0 unspecified atom stereocenters. The lowest BCUT2D eigenvalue weighted by atomic mass is 10.1. The first-order chi connectivity index (χ1) is 8.79. The molecule has 0 aromatic heterocycles. The molecule has 4 amide bonds. The van der Waals surface area contributed by atoms with Gasteiger partial charge in [-0.05, 0) is 30.2 Å². The molecule has 0 bridgehead atoms. The topological polar surface area (TPSA) is 165 Å². The Bertz CT molecular complexity index is 518. The number of benzene rings is 1. The van der Waals surface area contributed by atoms with Crippen molar-refractivity contribution in [2.75, 3.05) is 10.0 Å². The van der Waals surface area contributed by atoms with Crippen LogP contribution in [-0.2, 0) is 6.61 Å². The number of primary amides is 2. The number of nitrogens with zero attached hydrogens (tertiary/aromatic N) is 2. The molecule has 1 rings (SSSR count). The summed E-state index contributed by atoms with van der Waals surface area (Å²) < 4.78 is 0. The zero-order valence-electron chi connectivity index (χ0n) is 10.3. The SMILES string of the molecule is Cc1c(CO)cc(N(N)C(N)=O)cc1N(N)C(N)=O. The van der Waals surface area contributed by atoms with E-state index in [0.29, 0.717) is 21.1 Å². The molecule has 0 radical (unpaired) electrons. The lowest BCUT2D eigenvalue weighted by molar-refractivity contribution is 0.253. The molecular formula is C10H16N6O3. The van der Waals surface area contributed by atoms with E-state index in [4.69, 9.17) is 23.2 Å². The third kappa shape index (κ3) is 2.91. The van der Waals surface area contributed by atoms with Crippen LogP contribution in [0.2, 0.25) is 0 Å². The fourth-order valence-electron chi connectivity index (χ4n) is 1.54. The third-order valence-electron chi connectivity index (χ3n) is 2.66. The molecular weight excluding hydrogens is 252 g/mol. The Kier molecular flexibility index (Phi) is 4.27. The van der Waals surface area contributed by atoms with Crippen molar-refractivity contribution >= 4 is 23.4 Å². The number of rotatable bonds is 3. The van der Waals surface area contributed by atoms with Crippen LogP contribution < -0.4 is 33.2 Å². The summed E-state index contributed by atoms with van der Waals surface area (Å²) in [6.45, 7) is 1.31. The van der Waals surface area contributed by atoms with E-state index >= 15 is 0 Å². The molecule has 0 saturated carbocycles. The fourth-order valence-corrected chi connectivity index (χ4v) is 1.54. The van der Waals surface area contributed by atoms with Gasteiger partial charge in [-0.2, -0.15) is 0 Å². The van der Waals surface area contributed by atoms with Gasteiger partial charge in [0.1, 0.15) is 0 Å². The van der Waals surface area contributed by atoms with Crippen LogP contribution in [0.5, 0.6) is 0 Å². The van der Waals surface area contributed by atoms with E-state index in [-0.39, 0.29) is 18.0 Å². The minimum absolute atomic E-state index is 0.175. The van der Waals surface area contributed by atoms with Gasteiger partial charge in [-0.15, -0.1) is 0 Å². The number of hydrogen-bond donors (Lipinski definition) is 5. The van der Waals surface area contributed by atoms with E-state index in [1.807, 2.05) is 0 Å². The first kappa shape index (κ1) is 14.7. The van der Waals surface area contributed by atoms with Gasteiger partial charge in [-0.3, -0.25) is 0 Å². The minimum Gasteiger partial charge on any atom is -0.392 e. The van der Waals surface area contributed by atoms with Crippen LogP contribution in [0.4, 0.5) is 21.0 Å². The minimum atomic E-state index is -0.902. The Morgan fingerprint density at radius 1 is 1.16 bits per heavy atom. The van der Waals surface area contributed by atoms with E-state index in [9.17, 15) is 14.7 Å². The summed E-state index contributed by atoms with van der Waals surface area (Å²) >= 11 is 0. The van der Waals surface area contributed by atoms with E-state index in [1.54, 1.807) is 6.92 Å². The molecule has 0 spiro atoms. The monoisotopic (exact) mass is 268 g/mol. The van der Waals surface area contributed by atoms with Crippen LogP contribution >= 0.6 is 0 Å². The molecule has 0 fully saturated rings. The Labute approximate surface area is 109 Å². The second-order valence-electron chi connectivity index (χ2n) is 3.82. The predicted octanol–water partition coefficient (Wildman–Crippen LogP) is -0.995. The predicted molar refractivity (Wildman–Crippen MR) is 69.6 cm³/mol. The highest BCUT2D eigenvalue weighted by atomic mass is 16.3. The van der Waals surface area contributed by atoms with Crippen LogP contribution in [0.3, 0.4) is 0 Å². The number of carbonyl (C=O) groups excluding carboxylic acids is 2. The summed E-state index contributed by atoms with van der Waals surface area (Å²) in [4.78, 5) is 22.1. The highest BCUT2D eigenvalue weighted by Crippen LogP contribution is 2.28. The average Bonchev–Trinajstić information content (AvgIpc) is 2.37. The summed E-state index contributed by atoms with van der Waals surface area (Å²) in [5.41, 5.74) is 11.5. The standard InChI is InChI=1S/C10H16N6O3/c1-5-6(4-17)2-7(15(13)9(11)18)3-8(5)16(14)10(12)19/h2-3,17H,4,13-14H2,1H3,(H2,11,18)(H2,12,19). The molecule has 0 atom stereocenters. The average molecular weight is 268 g/mol. The Balaban J connectivity index is 3.42. The van der Waals surface area contributed by atoms with Crippen molar-refractivity contribution in [2.24, 2.45) is 23.2 Å². The Hall–Kier alpha value is -2.36. The molecule has 104 valence electrons. The summed E-state index contributed by atoms with van der Waals surface area (Å²) in [5, 5.41) is 10.6. The van der Waals surface area contributed by atoms with E-state index < -0.39 is 12.1 Å². The number of aliphatic hydroxyl groups is 1. The first-order valence-corrected chi connectivity index (χ1v) is 5.22. The molecule has 19 heavy (non-hydrogen) atoms. The van der Waals surface area contributed by atoms with Gasteiger partial charge in [-0.25, -0.2) is 31.3 Å². The smallest absolute Gasteiger partial charge is 0.333 e. The summed E-state index contributed by atoms with van der Waals surface area (Å²) in [7, 11) is 0. The van der Waals surface area contributed by atoms with Gasteiger partial charge in [0, 0.05) is 0 Å². The maximum absolute atomic E-state index is 11.1. The van der Waals surface area contributed by atoms with Gasteiger partial charge >= 0.3 is 12.1 Å². The molecule has 0 saturated heterocycles. The number of amides is 4. The van der Waals surface area contributed by atoms with Crippen molar-refractivity contribution in [3.05, 3.63) is 23.3 Å². The molecule has 0 aliphatic heterocycles.